The topological polar surface area (TPSA) is 117 Å². The van der Waals surface area contributed by atoms with E-state index in [2.05, 4.69) is 20.9 Å². The molecule has 9 nitrogen and oxygen atoms in total. The molecule has 1 aliphatic carbocycles. The van der Waals surface area contributed by atoms with Crippen molar-refractivity contribution in [2.45, 2.75) is 31.8 Å². The highest BCUT2D eigenvalue weighted by Crippen LogP contribution is 2.41. The number of hydrazine groups is 1. The molecule has 3 rings (SSSR count). The van der Waals surface area contributed by atoms with E-state index >= 15 is 0 Å². The Kier molecular flexibility index (Phi) is 5.06. The van der Waals surface area contributed by atoms with Gasteiger partial charge < -0.3 is 15.0 Å². The zero-order chi connectivity index (χ0) is 18.7. The van der Waals surface area contributed by atoms with E-state index in [0.29, 0.717) is 11.1 Å². The Labute approximate surface area is 150 Å². The maximum atomic E-state index is 12.6. The van der Waals surface area contributed by atoms with Crippen molar-refractivity contribution >= 4 is 23.8 Å². The van der Waals surface area contributed by atoms with Crippen molar-refractivity contribution in [3.63, 3.8) is 0 Å². The van der Waals surface area contributed by atoms with Gasteiger partial charge in [0.2, 0.25) is 5.91 Å². The minimum absolute atomic E-state index is 0.0601. The number of rotatable bonds is 5. The van der Waals surface area contributed by atoms with Gasteiger partial charge in [0.1, 0.15) is 6.04 Å². The molecule has 1 heterocycles. The van der Waals surface area contributed by atoms with Crippen LogP contribution in [-0.2, 0) is 14.3 Å². The van der Waals surface area contributed by atoms with Crippen LogP contribution in [0.5, 0.6) is 0 Å². The molecule has 1 atom stereocenters. The Bertz CT molecular complexity index is 746. The molecule has 2 aliphatic rings. The van der Waals surface area contributed by atoms with Crippen molar-refractivity contribution < 1.29 is 23.9 Å². The normalized spacial score (nSPS) is 18.1. The predicted molar refractivity (Wildman–Crippen MR) is 89.7 cm³/mol. The minimum atomic E-state index is -0.789. The SMILES string of the molecule is CCOC(=O)NNC(=O)CNC(=O)C1c2ccccc2C(=O)N1C1CC1. The van der Waals surface area contributed by atoms with Gasteiger partial charge in [0, 0.05) is 11.6 Å². The zero-order valence-corrected chi connectivity index (χ0v) is 14.3. The van der Waals surface area contributed by atoms with Gasteiger partial charge in [-0.25, -0.2) is 10.2 Å². The quantitative estimate of drug-likeness (QED) is 0.650. The molecular formula is C17H20N4O5. The van der Waals surface area contributed by atoms with Crippen LogP contribution in [0.3, 0.4) is 0 Å². The maximum Gasteiger partial charge on any atom is 0.426 e. The van der Waals surface area contributed by atoms with Crippen molar-refractivity contribution in [3.8, 4) is 0 Å². The number of nitrogens with one attached hydrogen (secondary N) is 3. The van der Waals surface area contributed by atoms with E-state index in [1.807, 2.05) is 0 Å². The molecule has 0 aromatic heterocycles. The molecule has 1 aromatic carbocycles. The van der Waals surface area contributed by atoms with Crippen LogP contribution in [0, 0.1) is 0 Å². The Morgan fingerprint density at radius 3 is 2.62 bits per heavy atom. The first kappa shape index (κ1) is 17.7. The number of hydrogen-bond acceptors (Lipinski definition) is 5. The molecule has 1 aliphatic heterocycles. The third kappa shape index (κ3) is 3.61. The Morgan fingerprint density at radius 2 is 1.92 bits per heavy atom. The summed E-state index contributed by atoms with van der Waals surface area (Å²) in [5.74, 6) is -1.19. The van der Waals surface area contributed by atoms with Crippen molar-refractivity contribution in [1.82, 2.24) is 21.1 Å². The molecule has 1 unspecified atom stereocenters. The highest BCUT2D eigenvalue weighted by atomic mass is 16.5. The van der Waals surface area contributed by atoms with Crippen molar-refractivity contribution in [2.24, 2.45) is 0 Å². The fourth-order valence-corrected chi connectivity index (χ4v) is 2.93. The van der Waals surface area contributed by atoms with Gasteiger partial charge >= 0.3 is 6.09 Å². The lowest BCUT2D eigenvalue weighted by Crippen LogP contribution is -2.48. The van der Waals surface area contributed by atoms with E-state index in [1.54, 1.807) is 36.1 Å². The maximum absolute atomic E-state index is 12.6. The number of benzene rings is 1. The second kappa shape index (κ2) is 7.42. The third-order valence-electron chi connectivity index (χ3n) is 4.19. The summed E-state index contributed by atoms with van der Waals surface area (Å²) >= 11 is 0. The van der Waals surface area contributed by atoms with Crippen LogP contribution in [0.2, 0.25) is 0 Å². The van der Waals surface area contributed by atoms with Gasteiger partial charge in [-0.15, -0.1) is 0 Å². The first-order valence-corrected chi connectivity index (χ1v) is 8.43. The summed E-state index contributed by atoms with van der Waals surface area (Å²) in [7, 11) is 0. The van der Waals surface area contributed by atoms with Gasteiger partial charge in [0.15, 0.2) is 0 Å². The fourth-order valence-electron chi connectivity index (χ4n) is 2.93. The largest absolute Gasteiger partial charge is 0.449 e. The third-order valence-corrected chi connectivity index (χ3v) is 4.19. The lowest BCUT2D eigenvalue weighted by atomic mass is 10.0. The van der Waals surface area contributed by atoms with Crippen LogP contribution < -0.4 is 16.2 Å². The van der Waals surface area contributed by atoms with E-state index in [9.17, 15) is 19.2 Å². The monoisotopic (exact) mass is 360 g/mol. The first-order valence-electron chi connectivity index (χ1n) is 8.43. The molecule has 4 amide bonds. The van der Waals surface area contributed by atoms with Crippen molar-refractivity contribution in [3.05, 3.63) is 35.4 Å². The zero-order valence-electron chi connectivity index (χ0n) is 14.3. The lowest BCUT2D eigenvalue weighted by Gasteiger charge is -2.24. The van der Waals surface area contributed by atoms with Gasteiger partial charge in [-0.1, -0.05) is 18.2 Å². The van der Waals surface area contributed by atoms with Crippen LogP contribution in [0.25, 0.3) is 0 Å². The molecule has 0 bridgehead atoms. The van der Waals surface area contributed by atoms with Crippen molar-refractivity contribution in [2.75, 3.05) is 13.2 Å². The molecule has 138 valence electrons. The predicted octanol–water partition coefficient (Wildman–Crippen LogP) is 0.239. The summed E-state index contributed by atoms with van der Waals surface area (Å²) in [4.78, 5) is 49.7. The smallest absolute Gasteiger partial charge is 0.426 e. The Morgan fingerprint density at radius 1 is 1.19 bits per heavy atom. The van der Waals surface area contributed by atoms with Crippen LogP contribution in [0.4, 0.5) is 4.79 Å². The molecule has 26 heavy (non-hydrogen) atoms. The molecule has 1 saturated carbocycles. The second-order valence-corrected chi connectivity index (χ2v) is 6.04. The minimum Gasteiger partial charge on any atom is -0.449 e. The Balaban J connectivity index is 1.61. The summed E-state index contributed by atoms with van der Waals surface area (Å²) in [6.45, 7) is 1.47. The second-order valence-electron chi connectivity index (χ2n) is 6.04. The van der Waals surface area contributed by atoms with Gasteiger partial charge in [0.05, 0.1) is 13.2 Å². The molecule has 3 N–H and O–H groups in total. The highest BCUT2D eigenvalue weighted by Gasteiger charge is 2.47. The summed E-state index contributed by atoms with van der Waals surface area (Å²) in [6, 6.07) is 6.32. The van der Waals surface area contributed by atoms with E-state index < -0.39 is 23.9 Å². The average molecular weight is 360 g/mol. The van der Waals surface area contributed by atoms with E-state index in [1.165, 1.54) is 0 Å². The van der Waals surface area contributed by atoms with Gasteiger partial charge in [0.25, 0.3) is 11.8 Å². The average Bonchev–Trinajstić information content (AvgIpc) is 3.43. The molecule has 1 fully saturated rings. The van der Waals surface area contributed by atoms with Crippen LogP contribution in [-0.4, -0.2) is 47.9 Å². The number of fused-ring (bicyclic) bond motifs is 1. The highest BCUT2D eigenvalue weighted by molar-refractivity contribution is 6.05. The van der Waals surface area contributed by atoms with Gasteiger partial charge in [-0.3, -0.25) is 19.8 Å². The number of ether oxygens (including phenoxy) is 1. The number of carbonyl (C=O) groups is 4. The van der Waals surface area contributed by atoms with E-state index in [-0.39, 0.29) is 25.1 Å². The number of hydrogen-bond donors (Lipinski definition) is 3. The molecule has 9 heteroatoms. The Hall–Kier alpha value is -3.10. The number of carbonyl (C=O) groups excluding carboxylic acids is 4. The summed E-state index contributed by atoms with van der Waals surface area (Å²) in [5, 5.41) is 2.52. The molecule has 0 radical (unpaired) electrons. The van der Waals surface area contributed by atoms with E-state index in [0.717, 1.165) is 12.8 Å². The van der Waals surface area contributed by atoms with Gasteiger partial charge in [-0.05, 0) is 31.4 Å². The first-order chi connectivity index (χ1) is 12.5. The molecule has 0 saturated heterocycles. The van der Waals surface area contributed by atoms with Gasteiger partial charge in [-0.2, -0.15) is 0 Å². The van der Waals surface area contributed by atoms with Crippen molar-refractivity contribution in [1.29, 1.82) is 0 Å². The summed E-state index contributed by atoms with van der Waals surface area (Å²) in [6.07, 6.45) is 0.948. The van der Waals surface area contributed by atoms with Crippen LogP contribution in [0.15, 0.2) is 24.3 Å². The number of nitrogens with zero attached hydrogens (tertiary/aromatic N) is 1. The summed E-state index contributed by atoms with van der Waals surface area (Å²) < 4.78 is 4.60. The number of amides is 4. The van der Waals surface area contributed by atoms with Crippen LogP contribution in [0.1, 0.15) is 41.7 Å². The molecule has 1 aromatic rings. The molecular weight excluding hydrogens is 340 g/mol. The standard InChI is InChI=1S/C17H20N4O5/c1-2-26-17(25)20-19-13(22)9-18-15(23)14-11-5-3-4-6-12(11)16(24)21(14)10-7-8-10/h3-6,10,14H,2,7-9H2,1H3,(H,18,23)(H,19,22)(H,20,25). The van der Waals surface area contributed by atoms with E-state index in [4.69, 9.17) is 0 Å². The summed E-state index contributed by atoms with van der Waals surface area (Å²) in [5.41, 5.74) is 5.36. The fraction of sp³-hybridized carbons (Fsp3) is 0.412. The lowest BCUT2D eigenvalue weighted by molar-refractivity contribution is -0.129. The molecule has 0 spiro atoms. The van der Waals surface area contributed by atoms with Crippen LogP contribution >= 0.6 is 0 Å².